The second-order valence-corrected chi connectivity index (χ2v) is 6.11. The molecule has 17 heavy (non-hydrogen) atoms. The Hall–Kier alpha value is -0.120. The Balaban J connectivity index is 1.58. The van der Waals surface area contributed by atoms with E-state index in [4.69, 9.17) is 0 Å². The molecule has 2 fully saturated rings. The minimum atomic E-state index is 0.789. The summed E-state index contributed by atoms with van der Waals surface area (Å²) in [5.41, 5.74) is 0. The molecule has 0 spiro atoms. The van der Waals surface area contributed by atoms with Gasteiger partial charge in [0.25, 0.3) is 0 Å². The number of nitrogens with zero attached hydrogens (tertiary/aromatic N) is 2. The van der Waals surface area contributed by atoms with Crippen molar-refractivity contribution in [3.8, 4) is 0 Å². The second kappa shape index (κ2) is 6.72. The van der Waals surface area contributed by atoms with Crippen LogP contribution in [0.1, 0.15) is 32.1 Å². The van der Waals surface area contributed by atoms with Gasteiger partial charge in [0.15, 0.2) is 0 Å². The molecule has 2 aliphatic rings. The average Bonchev–Trinajstić information content (AvgIpc) is 2.73. The smallest absolute Gasteiger partial charge is 0.00792 e. The molecule has 0 aliphatic carbocycles. The molecule has 3 heteroatoms. The lowest BCUT2D eigenvalue weighted by atomic mass is 10.0. The summed E-state index contributed by atoms with van der Waals surface area (Å²) in [5, 5.41) is 3.64. The molecule has 0 bridgehead atoms. The zero-order valence-electron chi connectivity index (χ0n) is 11.6. The third-order valence-electron chi connectivity index (χ3n) is 4.33. The topological polar surface area (TPSA) is 18.5 Å². The van der Waals surface area contributed by atoms with Gasteiger partial charge in [-0.15, -0.1) is 0 Å². The Kier molecular flexibility index (Phi) is 5.26. The highest BCUT2D eigenvalue weighted by molar-refractivity contribution is 4.77. The molecule has 2 heterocycles. The first-order chi connectivity index (χ1) is 8.24. The van der Waals surface area contributed by atoms with Gasteiger partial charge in [0, 0.05) is 19.1 Å². The molecule has 1 N–H and O–H groups in total. The van der Waals surface area contributed by atoms with Crippen molar-refractivity contribution >= 4 is 0 Å². The first kappa shape index (κ1) is 13.3. The maximum absolute atomic E-state index is 3.64. The van der Waals surface area contributed by atoms with E-state index in [2.05, 4.69) is 29.2 Å². The van der Waals surface area contributed by atoms with Crippen LogP contribution in [0.5, 0.6) is 0 Å². The fourth-order valence-electron chi connectivity index (χ4n) is 3.25. The maximum atomic E-state index is 3.64. The second-order valence-electron chi connectivity index (χ2n) is 6.11. The number of hydrogen-bond donors (Lipinski definition) is 1. The molecule has 0 aromatic heterocycles. The van der Waals surface area contributed by atoms with Gasteiger partial charge in [0.05, 0.1) is 0 Å². The lowest BCUT2D eigenvalue weighted by molar-refractivity contribution is 0.250. The molecule has 100 valence electrons. The van der Waals surface area contributed by atoms with Crippen molar-refractivity contribution in [2.75, 3.05) is 46.8 Å². The number of likely N-dealkylation sites (tertiary alicyclic amines) is 1. The Morgan fingerprint density at radius 3 is 2.82 bits per heavy atom. The van der Waals surface area contributed by atoms with Crippen molar-refractivity contribution in [2.45, 2.75) is 38.1 Å². The first-order valence-electron chi connectivity index (χ1n) is 7.34. The van der Waals surface area contributed by atoms with Crippen molar-refractivity contribution in [3.63, 3.8) is 0 Å². The molecule has 0 saturated carbocycles. The molecule has 2 saturated heterocycles. The Morgan fingerprint density at radius 2 is 2.18 bits per heavy atom. The molecule has 0 aromatic rings. The molecule has 2 aliphatic heterocycles. The number of hydrogen-bond acceptors (Lipinski definition) is 3. The highest BCUT2D eigenvalue weighted by atomic mass is 15.1. The molecule has 0 aromatic carbocycles. The van der Waals surface area contributed by atoms with E-state index in [0.717, 1.165) is 12.0 Å². The molecule has 0 amide bonds. The lowest BCUT2D eigenvalue weighted by Gasteiger charge is -2.27. The number of rotatable bonds is 5. The van der Waals surface area contributed by atoms with Gasteiger partial charge in [0.1, 0.15) is 0 Å². The van der Waals surface area contributed by atoms with Crippen LogP contribution in [0.4, 0.5) is 0 Å². The third-order valence-corrected chi connectivity index (χ3v) is 4.33. The van der Waals surface area contributed by atoms with Crippen LogP contribution in [0.3, 0.4) is 0 Å². The van der Waals surface area contributed by atoms with E-state index < -0.39 is 0 Å². The normalized spacial score (nSPS) is 31.2. The molecular formula is C14H29N3. The summed E-state index contributed by atoms with van der Waals surface area (Å²) < 4.78 is 0. The monoisotopic (exact) mass is 239 g/mol. The summed E-state index contributed by atoms with van der Waals surface area (Å²) in [6.45, 7) is 6.38. The third kappa shape index (κ3) is 4.57. The number of piperidine rings is 1. The molecule has 3 nitrogen and oxygen atoms in total. The molecule has 2 rings (SSSR count). The SMILES string of the molecule is CN1CCC(CN(C)CCC2CCCCN2)C1. The van der Waals surface area contributed by atoms with Gasteiger partial charge in [-0.2, -0.15) is 0 Å². The number of nitrogens with one attached hydrogen (secondary N) is 1. The highest BCUT2D eigenvalue weighted by Gasteiger charge is 2.21. The van der Waals surface area contributed by atoms with Gasteiger partial charge in [-0.3, -0.25) is 0 Å². The lowest BCUT2D eigenvalue weighted by Crippen LogP contribution is -2.37. The van der Waals surface area contributed by atoms with E-state index in [-0.39, 0.29) is 0 Å². The Bertz CT molecular complexity index is 214. The van der Waals surface area contributed by atoms with Crippen LogP contribution < -0.4 is 5.32 Å². The van der Waals surface area contributed by atoms with Crippen LogP contribution in [0.2, 0.25) is 0 Å². The van der Waals surface area contributed by atoms with Crippen LogP contribution in [-0.4, -0.2) is 62.7 Å². The van der Waals surface area contributed by atoms with E-state index in [1.54, 1.807) is 0 Å². The van der Waals surface area contributed by atoms with Crippen molar-refractivity contribution in [3.05, 3.63) is 0 Å². The summed E-state index contributed by atoms with van der Waals surface area (Å²) >= 11 is 0. The van der Waals surface area contributed by atoms with Crippen LogP contribution in [-0.2, 0) is 0 Å². The van der Waals surface area contributed by atoms with E-state index in [9.17, 15) is 0 Å². The van der Waals surface area contributed by atoms with Crippen molar-refractivity contribution in [2.24, 2.45) is 5.92 Å². The van der Waals surface area contributed by atoms with Crippen LogP contribution in [0, 0.1) is 5.92 Å². The molecular weight excluding hydrogens is 210 g/mol. The van der Waals surface area contributed by atoms with Crippen LogP contribution in [0.15, 0.2) is 0 Å². The van der Waals surface area contributed by atoms with E-state index >= 15 is 0 Å². The fourth-order valence-corrected chi connectivity index (χ4v) is 3.25. The highest BCUT2D eigenvalue weighted by Crippen LogP contribution is 2.16. The van der Waals surface area contributed by atoms with E-state index in [0.29, 0.717) is 0 Å². The van der Waals surface area contributed by atoms with Gasteiger partial charge in [-0.25, -0.2) is 0 Å². The van der Waals surface area contributed by atoms with Crippen molar-refractivity contribution in [1.29, 1.82) is 0 Å². The summed E-state index contributed by atoms with van der Waals surface area (Å²) in [6, 6.07) is 0.789. The average molecular weight is 239 g/mol. The summed E-state index contributed by atoms with van der Waals surface area (Å²) in [4.78, 5) is 5.00. The summed E-state index contributed by atoms with van der Waals surface area (Å²) in [5.74, 6) is 0.907. The van der Waals surface area contributed by atoms with Gasteiger partial charge < -0.3 is 15.1 Å². The van der Waals surface area contributed by atoms with Gasteiger partial charge >= 0.3 is 0 Å². The largest absolute Gasteiger partial charge is 0.314 e. The summed E-state index contributed by atoms with van der Waals surface area (Å²) in [7, 11) is 4.53. The minimum Gasteiger partial charge on any atom is -0.314 e. The van der Waals surface area contributed by atoms with E-state index in [1.165, 1.54) is 64.8 Å². The van der Waals surface area contributed by atoms with Gasteiger partial charge in [-0.1, -0.05) is 6.42 Å². The van der Waals surface area contributed by atoms with Crippen molar-refractivity contribution < 1.29 is 0 Å². The Morgan fingerprint density at radius 1 is 1.29 bits per heavy atom. The van der Waals surface area contributed by atoms with Gasteiger partial charge in [-0.05, 0) is 65.3 Å². The molecule has 0 radical (unpaired) electrons. The first-order valence-corrected chi connectivity index (χ1v) is 7.34. The maximum Gasteiger partial charge on any atom is 0.00792 e. The standard InChI is InChI=1S/C14H29N3/c1-16-9-6-13(11-16)12-17(2)10-7-14-5-3-4-8-15-14/h13-15H,3-12H2,1-2H3. The predicted octanol–water partition coefficient (Wildman–Crippen LogP) is 1.40. The predicted molar refractivity (Wildman–Crippen MR) is 73.4 cm³/mol. The zero-order valence-corrected chi connectivity index (χ0v) is 11.6. The summed E-state index contributed by atoms with van der Waals surface area (Å²) in [6.07, 6.45) is 6.91. The van der Waals surface area contributed by atoms with Gasteiger partial charge in [0.2, 0.25) is 0 Å². The minimum absolute atomic E-state index is 0.789. The van der Waals surface area contributed by atoms with Crippen LogP contribution in [0.25, 0.3) is 0 Å². The van der Waals surface area contributed by atoms with Crippen molar-refractivity contribution in [1.82, 2.24) is 15.1 Å². The molecule has 2 unspecified atom stereocenters. The zero-order chi connectivity index (χ0) is 12.1. The fraction of sp³-hybridized carbons (Fsp3) is 1.00. The van der Waals surface area contributed by atoms with E-state index in [1.807, 2.05) is 0 Å². The Labute approximate surface area is 107 Å². The quantitative estimate of drug-likeness (QED) is 0.782. The molecule has 2 atom stereocenters. The van der Waals surface area contributed by atoms with Crippen LogP contribution >= 0.6 is 0 Å².